The Morgan fingerprint density at radius 1 is 1.29 bits per heavy atom. The van der Waals surface area contributed by atoms with Crippen molar-refractivity contribution in [3.63, 3.8) is 0 Å². The lowest BCUT2D eigenvalue weighted by Gasteiger charge is -2.16. The van der Waals surface area contributed by atoms with E-state index in [-0.39, 0.29) is 11.9 Å². The largest absolute Gasteiger partial charge is 0.348 e. The van der Waals surface area contributed by atoms with E-state index < -0.39 is 0 Å². The third kappa shape index (κ3) is 5.22. The first-order valence-electron chi connectivity index (χ1n) is 6.03. The van der Waals surface area contributed by atoms with Crippen LogP contribution in [-0.2, 0) is 4.79 Å². The van der Waals surface area contributed by atoms with Gasteiger partial charge in [0.2, 0.25) is 5.91 Å². The number of alkyl halides is 1. The predicted octanol–water partition coefficient (Wildman–Crippen LogP) is 3.52. The van der Waals surface area contributed by atoms with Crippen molar-refractivity contribution in [1.29, 1.82) is 0 Å². The molecule has 2 nitrogen and oxygen atoms in total. The van der Waals surface area contributed by atoms with Gasteiger partial charge in [0.15, 0.2) is 0 Å². The fraction of sp³-hybridized carbons (Fsp3) is 0.500. The van der Waals surface area contributed by atoms with Crippen molar-refractivity contribution >= 4 is 17.5 Å². The molecule has 0 spiro atoms. The Hall–Kier alpha value is -1.02. The number of hydrogen-bond donors (Lipinski definition) is 1. The fourth-order valence-electron chi connectivity index (χ4n) is 1.58. The lowest BCUT2D eigenvalue weighted by atomic mass is 10.1. The molecule has 0 aliphatic heterocycles. The van der Waals surface area contributed by atoms with Crippen LogP contribution in [0.15, 0.2) is 30.3 Å². The van der Waals surface area contributed by atoms with Crippen LogP contribution in [0.5, 0.6) is 0 Å². The first-order valence-corrected chi connectivity index (χ1v) is 6.57. The van der Waals surface area contributed by atoms with Gasteiger partial charge in [0.05, 0.1) is 6.04 Å². The fourth-order valence-corrected chi connectivity index (χ4v) is 1.84. The molecule has 0 saturated carbocycles. The van der Waals surface area contributed by atoms with E-state index in [0.717, 1.165) is 12.0 Å². The van der Waals surface area contributed by atoms with Crippen molar-refractivity contribution in [2.75, 3.05) is 5.88 Å². The number of hydrogen-bond acceptors (Lipinski definition) is 1. The van der Waals surface area contributed by atoms with Crippen LogP contribution in [0.3, 0.4) is 0 Å². The monoisotopic (exact) mass is 253 g/mol. The maximum atomic E-state index is 11.7. The van der Waals surface area contributed by atoms with Gasteiger partial charge in [-0.1, -0.05) is 44.2 Å². The van der Waals surface area contributed by atoms with E-state index in [2.05, 4.69) is 19.2 Å². The number of rotatable bonds is 6. The molecule has 0 saturated heterocycles. The molecular formula is C14H20ClNO. The van der Waals surface area contributed by atoms with E-state index in [1.54, 1.807) is 0 Å². The van der Waals surface area contributed by atoms with Crippen LogP contribution < -0.4 is 5.32 Å². The maximum Gasteiger partial charge on any atom is 0.220 e. The van der Waals surface area contributed by atoms with Gasteiger partial charge in [-0.2, -0.15) is 0 Å². The summed E-state index contributed by atoms with van der Waals surface area (Å²) in [5.41, 5.74) is 1.06. The SMILES string of the molecule is CC(C)CCC(=O)NC(CCl)c1ccccc1. The molecule has 17 heavy (non-hydrogen) atoms. The van der Waals surface area contributed by atoms with E-state index >= 15 is 0 Å². The topological polar surface area (TPSA) is 29.1 Å². The highest BCUT2D eigenvalue weighted by Gasteiger charge is 2.13. The molecule has 1 unspecified atom stereocenters. The summed E-state index contributed by atoms with van der Waals surface area (Å²) in [6.07, 6.45) is 1.48. The highest BCUT2D eigenvalue weighted by molar-refractivity contribution is 6.18. The van der Waals surface area contributed by atoms with Crippen molar-refractivity contribution < 1.29 is 4.79 Å². The second-order valence-electron chi connectivity index (χ2n) is 4.62. The quantitative estimate of drug-likeness (QED) is 0.773. The highest BCUT2D eigenvalue weighted by Crippen LogP contribution is 2.14. The summed E-state index contributed by atoms with van der Waals surface area (Å²) >= 11 is 5.89. The molecule has 3 heteroatoms. The summed E-state index contributed by atoms with van der Waals surface area (Å²) in [7, 11) is 0. The van der Waals surface area contributed by atoms with Crippen molar-refractivity contribution in [1.82, 2.24) is 5.32 Å². The first-order chi connectivity index (χ1) is 8.13. The van der Waals surface area contributed by atoms with E-state index in [0.29, 0.717) is 18.2 Å². The minimum absolute atomic E-state index is 0.0770. The molecule has 1 aromatic rings. The molecule has 1 amide bonds. The lowest BCUT2D eigenvalue weighted by Crippen LogP contribution is -2.29. The molecule has 0 bridgehead atoms. The summed E-state index contributed by atoms with van der Waals surface area (Å²) in [4.78, 5) is 11.7. The smallest absolute Gasteiger partial charge is 0.220 e. The Balaban J connectivity index is 2.50. The number of carbonyl (C=O) groups excluding carboxylic acids is 1. The summed E-state index contributed by atoms with van der Waals surface area (Å²) in [6.45, 7) is 4.23. The summed E-state index contributed by atoms with van der Waals surface area (Å²) in [6, 6.07) is 9.74. The van der Waals surface area contributed by atoms with E-state index in [4.69, 9.17) is 11.6 Å². The van der Waals surface area contributed by atoms with Crippen LogP contribution in [0.4, 0.5) is 0 Å². The highest BCUT2D eigenvalue weighted by atomic mass is 35.5. The van der Waals surface area contributed by atoms with Gasteiger partial charge >= 0.3 is 0 Å². The van der Waals surface area contributed by atoms with Crippen LogP contribution in [0.25, 0.3) is 0 Å². The second-order valence-corrected chi connectivity index (χ2v) is 4.93. The third-order valence-corrected chi connectivity index (χ3v) is 2.95. The van der Waals surface area contributed by atoms with Gasteiger partial charge in [-0.15, -0.1) is 11.6 Å². The average molecular weight is 254 g/mol. The van der Waals surface area contributed by atoms with Gasteiger partial charge in [-0.05, 0) is 17.9 Å². The van der Waals surface area contributed by atoms with Gasteiger partial charge in [-0.25, -0.2) is 0 Å². The molecular weight excluding hydrogens is 234 g/mol. The molecule has 1 rings (SSSR count). The molecule has 0 radical (unpaired) electrons. The Kier molecular flexibility index (Phi) is 6.06. The second kappa shape index (κ2) is 7.33. The summed E-state index contributed by atoms with van der Waals surface area (Å²) in [5.74, 6) is 1.03. The van der Waals surface area contributed by atoms with Gasteiger partial charge in [0.25, 0.3) is 0 Å². The minimum atomic E-state index is -0.0856. The molecule has 0 aromatic heterocycles. The summed E-state index contributed by atoms with van der Waals surface area (Å²) < 4.78 is 0. The Labute approximate surface area is 108 Å². The van der Waals surface area contributed by atoms with Crippen molar-refractivity contribution in [3.8, 4) is 0 Å². The normalized spacial score (nSPS) is 12.5. The van der Waals surface area contributed by atoms with Gasteiger partial charge < -0.3 is 5.32 Å². The molecule has 94 valence electrons. The van der Waals surface area contributed by atoms with Crippen molar-refractivity contribution in [2.24, 2.45) is 5.92 Å². The van der Waals surface area contributed by atoms with Crippen molar-refractivity contribution in [3.05, 3.63) is 35.9 Å². The molecule has 1 aromatic carbocycles. The minimum Gasteiger partial charge on any atom is -0.348 e. The molecule has 1 N–H and O–H groups in total. The number of benzene rings is 1. The van der Waals surface area contributed by atoms with Gasteiger partial charge in [0.1, 0.15) is 0 Å². The zero-order chi connectivity index (χ0) is 12.7. The molecule has 0 aliphatic carbocycles. The van der Waals surface area contributed by atoms with Gasteiger partial charge in [-0.3, -0.25) is 4.79 Å². The number of carbonyl (C=O) groups is 1. The first kappa shape index (κ1) is 14.0. The lowest BCUT2D eigenvalue weighted by molar-refractivity contribution is -0.122. The van der Waals surface area contributed by atoms with Crippen LogP contribution in [-0.4, -0.2) is 11.8 Å². The van der Waals surface area contributed by atoms with E-state index in [1.165, 1.54) is 0 Å². The maximum absolute atomic E-state index is 11.7. The molecule has 0 heterocycles. The number of amides is 1. The molecule has 0 fully saturated rings. The summed E-state index contributed by atoms with van der Waals surface area (Å²) in [5, 5.41) is 2.97. The number of nitrogens with one attached hydrogen (secondary N) is 1. The zero-order valence-corrected chi connectivity index (χ0v) is 11.2. The van der Waals surface area contributed by atoms with Crippen LogP contribution in [0.1, 0.15) is 38.3 Å². The van der Waals surface area contributed by atoms with Crippen molar-refractivity contribution in [2.45, 2.75) is 32.7 Å². The van der Waals surface area contributed by atoms with Gasteiger partial charge in [0, 0.05) is 12.3 Å². The molecule has 1 atom stereocenters. The average Bonchev–Trinajstić information content (AvgIpc) is 2.34. The standard InChI is InChI=1S/C14H20ClNO/c1-11(2)8-9-14(17)16-13(10-15)12-6-4-3-5-7-12/h3-7,11,13H,8-10H2,1-2H3,(H,16,17). The van der Waals surface area contributed by atoms with Crippen LogP contribution >= 0.6 is 11.6 Å². The van der Waals surface area contributed by atoms with E-state index in [1.807, 2.05) is 30.3 Å². The van der Waals surface area contributed by atoms with E-state index in [9.17, 15) is 4.79 Å². The third-order valence-electron chi connectivity index (χ3n) is 2.64. The van der Waals surface area contributed by atoms with Crippen LogP contribution in [0.2, 0.25) is 0 Å². The Bertz CT molecular complexity index is 337. The Morgan fingerprint density at radius 3 is 2.47 bits per heavy atom. The van der Waals surface area contributed by atoms with Crippen LogP contribution in [0, 0.1) is 5.92 Å². The predicted molar refractivity (Wildman–Crippen MR) is 72.1 cm³/mol. The zero-order valence-electron chi connectivity index (χ0n) is 10.4. The number of halogens is 1. The Morgan fingerprint density at radius 2 is 1.94 bits per heavy atom. The molecule has 0 aliphatic rings.